The number of benzene rings is 2. The zero-order chi connectivity index (χ0) is 22.6. The Morgan fingerprint density at radius 3 is 2.59 bits per heavy atom. The van der Waals surface area contributed by atoms with Crippen molar-refractivity contribution in [2.45, 2.75) is 44.6 Å². The molecule has 1 aromatic heterocycles. The van der Waals surface area contributed by atoms with E-state index in [-0.39, 0.29) is 5.91 Å². The van der Waals surface area contributed by atoms with Crippen LogP contribution in [0.2, 0.25) is 0 Å². The molecule has 32 heavy (non-hydrogen) atoms. The van der Waals surface area contributed by atoms with Gasteiger partial charge < -0.3 is 10.0 Å². The number of aryl methyl sites for hydroxylation is 1. The van der Waals surface area contributed by atoms with Gasteiger partial charge in [-0.05, 0) is 66.3 Å². The van der Waals surface area contributed by atoms with Crippen LogP contribution >= 0.6 is 0 Å². The molecule has 4 rings (SSSR count). The second-order valence-electron chi connectivity index (χ2n) is 8.38. The highest BCUT2D eigenvalue weighted by Crippen LogP contribution is 2.30. The molecule has 164 valence electrons. The largest absolute Gasteiger partial charge is 0.390 e. The zero-order valence-electron chi connectivity index (χ0n) is 18.1. The fourth-order valence-electron chi connectivity index (χ4n) is 4.18. The highest BCUT2D eigenvalue weighted by atomic mass is 16.3. The van der Waals surface area contributed by atoms with Crippen molar-refractivity contribution in [1.29, 1.82) is 0 Å². The van der Waals surface area contributed by atoms with E-state index in [1.807, 2.05) is 54.3 Å². The minimum atomic E-state index is -0.773. The quantitative estimate of drug-likeness (QED) is 0.607. The molecule has 0 bridgehead atoms. The van der Waals surface area contributed by atoms with E-state index in [2.05, 4.69) is 20.4 Å². The minimum absolute atomic E-state index is 0.0721. The number of hydrogen-bond donors (Lipinski definition) is 1. The lowest BCUT2D eigenvalue weighted by Crippen LogP contribution is -2.47. The van der Waals surface area contributed by atoms with E-state index in [1.54, 1.807) is 4.68 Å². The molecule has 0 aliphatic carbocycles. The molecule has 1 aliphatic heterocycles. The first-order valence-electron chi connectivity index (χ1n) is 10.8. The van der Waals surface area contributed by atoms with Gasteiger partial charge >= 0.3 is 0 Å². The Hall–Kier alpha value is -3.57. The first kappa shape index (κ1) is 21.7. The fourth-order valence-corrected chi connectivity index (χ4v) is 4.18. The number of aliphatic hydroxyl groups is 1. The molecule has 1 N–H and O–H groups in total. The van der Waals surface area contributed by atoms with Crippen molar-refractivity contribution in [1.82, 2.24) is 25.1 Å². The number of rotatable bonds is 6. The van der Waals surface area contributed by atoms with Crippen molar-refractivity contribution in [2.75, 3.05) is 13.1 Å². The molecular formula is C24H26N6O2. The lowest BCUT2D eigenvalue weighted by molar-refractivity contribution is -0.134. The number of aromatic nitrogens is 4. The number of tetrazole rings is 1. The first-order valence-corrected chi connectivity index (χ1v) is 10.8. The summed E-state index contributed by atoms with van der Waals surface area (Å²) in [5.74, 6) is 0.0721. The van der Waals surface area contributed by atoms with Crippen LogP contribution in [0.5, 0.6) is 0 Å². The standard InChI is InChI=1S/C24H26N6O2/c1-18-20(4-3-5-22(18)25-2)10-11-24(32)12-14-29(15-13-24)23(31)16-19-6-8-21(9-7-19)30-17-26-27-28-30/h3-9,17,32H,10-16H2,1H3. The van der Waals surface area contributed by atoms with Crippen LogP contribution in [-0.2, 0) is 17.6 Å². The van der Waals surface area contributed by atoms with E-state index in [1.165, 1.54) is 6.33 Å². The van der Waals surface area contributed by atoms with Crippen molar-refractivity contribution >= 4 is 11.6 Å². The smallest absolute Gasteiger partial charge is 0.226 e. The highest BCUT2D eigenvalue weighted by molar-refractivity contribution is 5.79. The molecule has 0 radical (unpaired) electrons. The molecule has 1 fully saturated rings. The molecular weight excluding hydrogens is 404 g/mol. The van der Waals surface area contributed by atoms with Gasteiger partial charge in [-0.1, -0.05) is 35.9 Å². The Labute approximate surface area is 187 Å². The number of amides is 1. The summed E-state index contributed by atoms with van der Waals surface area (Å²) >= 11 is 0. The first-order chi connectivity index (χ1) is 15.5. The van der Waals surface area contributed by atoms with Crippen LogP contribution in [0.3, 0.4) is 0 Å². The van der Waals surface area contributed by atoms with Gasteiger partial charge in [-0.25, -0.2) is 9.53 Å². The van der Waals surface area contributed by atoms with Crippen LogP contribution in [0, 0.1) is 13.5 Å². The van der Waals surface area contributed by atoms with E-state index >= 15 is 0 Å². The molecule has 0 saturated carbocycles. The second kappa shape index (κ2) is 9.28. The normalized spacial score (nSPS) is 15.3. The van der Waals surface area contributed by atoms with E-state index in [0.29, 0.717) is 44.5 Å². The molecule has 0 unspecified atom stereocenters. The van der Waals surface area contributed by atoms with Gasteiger partial charge in [-0.2, -0.15) is 0 Å². The predicted octanol–water partition coefficient (Wildman–Crippen LogP) is 3.05. The van der Waals surface area contributed by atoms with Gasteiger partial charge in [0.1, 0.15) is 6.33 Å². The third-order valence-electron chi connectivity index (χ3n) is 6.35. The second-order valence-corrected chi connectivity index (χ2v) is 8.38. The van der Waals surface area contributed by atoms with Crippen LogP contribution in [-0.4, -0.2) is 54.8 Å². The third-order valence-corrected chi connectivity index (χ3v) is 6.35. The molecule has 8 heteroatoms. The van der Waals surface area contributed by atoms with Crippen LogP contribution in [0.1, 0.15) is 36.0 Å². The Morgan fingerprint density at radius 2 is 1.94 bits per heavy atom. The molecule has 2 aromatic carbocycles. The number of likely N-dealkylation sites (tertiary alicyclic amines) is 1. The van der Waals surface area contributed by atoms with Gasteiger partial charge in [0, 0.05) is 13.1 Å². The average Bonchev–Trinajstić information content (AvgIpc) is 3.34. The number of carbonyl (C=O) groups is 1. The summed E-state index contributed by atoms with van der Waals surface area (Å²) in [7, 11) is 0. The average molecular weight is 431 g/mol. The monoisotopic (exact) mass is 430 g/mol. The molecule has 1 amide bonds. The maximum Gasteiger partial charge on any atom is 0.226 e. The maximum absolute atomic E-state index is 12.8. The molecule has 0 spiro atoms. The summed E-state index contributed by atoms with van der Waals surface area (Å²) in [5, 5.41) is 22.1. The van der Waals surface area contributed by atoms with Crippen LogP contribution < -0.4 is 0 Å². The lowest BCUT2D eigenvalue weighted by Gasteiger charge is -2.38. The van der Waals surface area contributed by atoms with Crippen LogP contribution in [0.25, 0.3) is 10.5 Å². The zero-order valence-corrected chi connectivity index (χ0v) is 18.1. The van der Waals surface area contributed by atoms with E-state index in [0.717, 1.165) is 28.8 Å². The molecule has 2 heterocycles. The third kappa shape index (κ3) is 4.84. The summed E-state index contributed by atoms with van der Waals surface area (Å²) < 4.78 is 1.57. The minimum Gasteiger partial charge on any atom is -0.390 e. The maximum atomic E-state index is 12.8. The van der Waals surface area contributed by atoms with Gasteiger partial charge in [-0.15, -0.1) is 5.10 Å². The molecule has 8 nitrogen and oxygen atoms in total. The summed E-state index contributed by atoms with van der Waals surface area (Å²) in [4.78, 5) is 18.2. The SMILES string of the molecule is [C-]#[N+]c1cccc(CCC2(O)CCN(C(=O)Cc3ccc(-n4cnnn4)cc3)CC2)c1C. The van der Waals surface area contributed by atoms with Gasteiger partial charge in [0.05, 0.1) is 24.3 Å². The van der Waals surface area contributed by atoms with Crippen molar-refractivity contribution in [3.8, 4) is 5.69 Å². The summed E-state index contributed by atoms with van der Waals surface area (Å²) in [5.41, 5.74) is 3.76. The van der Waals surface area contributed by atoms with Crippen molar-refractivity contribution in [3.05, 3.63) is 76.9 Å². The van der Waals surface area contributed by atoms with Crippen molar-refractivity contribution in [3.63, 3.8) is 0 Å². The van der Waals surface area contributed by atoms with Gasteiger partial charge in [-0.3, -0.25) is 4.79 Å². The molecule has 0 atom stereocenters. The summed E-state index contributed by atoms with van der Waals surface area (Å²) in [6.07, 6.45) is 4.36. The summed E-state index contributed by atoms with van der Waals surface area (Å²) in [6, 6.07) is 13.3. The Morgan fingerprint density at radius 1 is 1.19 bits per heavy atom. The Bertz CT molecular complexity index is 1110. The highest BCUT2D eigenvalue weighted by Gasteiger charge is 2.33. The molecule has 3 aromatic rings. The molecule has 1 saturated heterocycles. The van der Waals surface area contributed by atoms with E-state index < -0.39 is 5.60 Å². The number of hydrogen-bond acceptors (Lipinski definition) is 5. The lowest BCUT2D eigenvalue weighted by atomic mass is 9.85. The van der Waals surface area contributed by atoms with E-state index in [4.69, 9.17) is 6.57 Å². The predicted molar refractivity (Wildman–Crippen MR) is 119 cm³/mol. The van der Waals surface area contributed by atoms with Crippen molar-refractivity contribution in [2.24, 2.45) is 0 Å². The fraction of sp³-hybridized carbons (Fsp3) is 0.375. The topological polar surface area (TPSA) is 88.5 Å². The van der Waals surface area contributed by atoms with Gasteiger partial charge in [0.15, 0.2) is 5.69 Å². The molecule has 1 aliphatic rings. The van der Waals surface area contributed by atoms with Gasteiger partial charge in [0.2, 0.25) is 5.91 Å². The summed E-state index contributed by atoms with van der Waals surface area (Å²) in [6.45, 7) is 10.3. The number of carbonyl (C=O) groups excluding carboxylic acids is 1. The number of piperidine rings is 1. The van der Waals surface area contributed by atoms with Gasteiger partial charge in [0.25, 0.3) is 0 Å². The Balaban J connectivity index is 1.29. The van der Waals surface area contributed by atoms with Crippen molar-refractivity contribution < 1.29 is 9.90 Å². The van der Waals surface area contributed by atoms with Crippen LogP contribution in [0.4, 0.5) is 5.69 Å². The Kier molecular flexibility index (Phi) is 6.28. The van der Waals surface area contributed by atoms with E-state index in [9.17, 15) is 9.90 Å². The van der Waals surface area contributed by atoms with Crippen LogP contribution in [0.15, 0.2) is 48.8 Å². The number of nitrogens with zero attached hydrogens (tertiary/aromatic N) is 6.